The molecule has 8 heteroatoms. The van der Waals surface area contributed by atoms with Gasteiger partial charge in [-0.3, -0.25) is 14.9 Å². The van der Waals surface area contributed by atoms with Crippen molar-refractivity contribution < 1.29 is 9.72 Å². The molecule has 1 amide bonds. The lowest BCUT2D eigenvalue weighted by Crippen LogP contribution is -2.51. The highest BCUT2D eigenvalue weighted by atomic mass is 16.6. The number of amides is 1. The number of allylic oxidation sites excluding steroid dienone is 1. The van der Waals surface area contributed by atoms with Crippen molar-refractivity contribution in [3.63, 3.8) is 0 Å². The van der Waals surface area contributed by atoms with Crippen LogP contribution in [-0.4, -0.2) is 36.8 Å². The van der Waals surface area contributed by atoms with E-state index in [1.807, 2.05) is 6.08 Å². The minimum Gasteiger partial charge on any atom is -0.333 e. The van der Waals surface area contributed by atoms with Crippen LogP contribution in [0, 0.1) is 10.1 Å². The van der Waals surface area contributed by atoms with Gasteiger partial charge in [0.2, 0.25) is 5.91 Å². The van der Waals surface area contributed by atoms with Crippen LogP contribution >= 0.6 is 0 Å². The lowest BCUT2D eigenvalue weighted by atomic mass is 9.97. The Bertz CT molecular complexity index is 768. The minimum atomic E-state index is -0.449. The molecule has 124 valence electrons. The van der Waals surface area contributed by atoms with Crippen LogP contribution in [-0.2, 0) is 11.3 Å². The van der Waals surface area contributed by atoms with E-state index in [1.165, 1.54) is 12.1 Å². The maximum Gasteiger partial charge on any atom is 0.269 e. The highest BCUT2D eigenvalue weighted by Crippen LogP contribution is 2.25. The summed E-state index contributed by atoms with van der Waals surface area (Å²) in [6.45, 7) is 4.13. The topological polar surface area (TPSA) is 94.2 Å². The number of nitro benzene ring substituents is 1. The molecule has 0 spiro atoms. The molecule has 1 aliphatic rings. The van der Waals surface area contributed by atoms with E-state index in [4.69, 9.17) is 0 Å². The van der Waals surface area contributed by atoms with Gasteiger partial charge >= 0.3 is 0 Å². The maximum atomic E-state index is 11.8. The van der Waals surface area contributed by atoms with E-state index < -0.39 is 4.92 Å². The van der Waals surface area contributed by atoms with Crippen molar-refractivity contribution in [3.05, 3.63) is 58.9 Å². The molecule has 24 heavy (non-hydrogen) atoms. The molecule has 0 saturated carbocycles. The first-order valence-electron chi connectivity index (χ1n) is 7.65. The van der Waals surface area contributed by atoms with Crippen LogP contribution < -0.4 is 0 Å². The number of nitro groups is 1. The molecule has 1 atom stereocenters. The van der Waals surface area contributed by atoms with E-state index in [2.05, 4.69) is 16.9 Å². The van der Waals surface area contributed by atoms with Crippen molar-refractivity contribution in [2.75, 3.05) is 0 Å². The van der Waals surface area contributed by atoms with Crippen molar-refractivity contribution in [3.8, 4) is 5.69 Å². The fourth-order valence-electron chi connectivity index (χ4n) is 2.70. The van der Waals surface area contributed by atoms with Gasteiger partial charge in [0.15, 0.2) is 0 Å². The third kappa shape index (κ3) is 3.17. The Morgan fingerprint density at radius 1 is 1.38 bits per heavy atom. The number of rotatable bonds is 7. The van der Waals surface area contributed by atoms with Crippen LogP contribution in [0.2, 0.25) is 0 Å². The number of benzene rings is 1. The molecule has 2 aromatic rings. The van der Waals surface area contributed by atoms with Gasteiger partial charge < -0.3 is 4.90 Å². The van der Waals surface area contributed by atoms with Crippen molar-refractivity contribution in [2.45, 2.75) is 31.8 Å². The Morgan fingerprint density at radius 2 is 2.12 bits per heavy atom. The van der Waals surface area contributed by atoms with Crippen LogP contribution in [0.1, 0.15) is 25.0 Å². The Labute approximate surface area is 138 Å². The number of non-ortho nitro benzene ring substituents is 1. The van der Waals surface area contributed by atoms with Crippen molar-refractivity contribution in [2.24, 2.45) is 0 Å². The van der Waals surface area contributed by atoms with Gasteiger partial charge in [0.05, 0.1) is 23.4 Å². The van der Waals surface area contributed by atoms with Crippen LogP contribution in [0.3, 0.4) is 0 Å². The first-order valence-corrected chi connectivity index (χ1v) is 7.65. The molecule has 1 aliphatic heterocycles. The average molecular weight is 327 g/mol. The normalized spacial score (nSPS) is 16.8. The molecule has 1 unspecified atom stereocenters. The van der Waals surface area contributed by atoms with E-state index >= 15 is 0 Å². The first kappa shape index (κ1) is 15.9. The Kier molecular flexibility index (Phi) is 4.37. The zero-order valence-electron chi connectivity index (χ0n) is 13.0. The Morgan fingerprint density at radius 3 is 2.75 bits per heavy atom. The molecule has 1 aromatic carbocycles. The van der Waals surface area contributed by atoms with E-state index in [0.29, 0.717) is 24.3 Å². The molecule has 2 heterocycles. The second-order valence-corrected chi connectivity index (χ2v) is 5.67. The molecule has 3 rings (SSSR count). The molecule has 1 saturated heterocycles. The average Bonchev–Trinajstić information content (AvgIpc) is 3.05. The Hall–Kier alpha value is -3.03. The van der Waals surface area contributed by atoms with Crippen LogP contribution in [0.4, 0.5) is 5.69 Å². The van der Waals surface area contributed by atoms with Crippen LogP contribution in [0.15, 0.2) is 43.1 Å². The van der Waals surface area contributed by atoms with E-state index in [-0.39, 0.29) is 17.6 Å². The second-order valence-electron chi connectivity index (χ2n) is 5.67. The number of hydrogen-bond donors (Lipinski definition) is 0. The van der Waals surface area contributed by atoms with Gasteiger partial charge in [0.1, 0.15) is 5.69 Å². The second kappa shape index (κ2) is 6.61. The number of β-lactam (4-membered cyclic amide) rings is 1. The summed E-state index contributed by atoms with van der Waals surface area (Å²) in [6.07, 6.45) is 5.95. The quantitative estimate of drug-likeness (QED) is 0.336. The molecule has 0 radical (unpaired) electrons. The Balaban J connectivity index is 1.68. The number of hydrogen-bond acceptors (Lipinski definition) is 5. The summed E-state index contributed by atoms with van der Waals surface area (Å²) in [6, 6.07) is 6.29. The molecule has 0 N–H and O–H groups in total. The van der Waals surface area contributed by atoms with Crippen molar-refractivity contribution >= 4 is 11.6 Å². The zero-order valence-corrected chi connectivity index (χ0v) is 13.0. The standard InChI is InChI=1S/C16H17N5O3/c1-2-3-4-15-9-16(22)19(15)10-12-11-20(18-17-12)13-5-7-14(8-6-13)21(23)24/h2,5-8,11,15H,1,3-4,9-10H2. The smallest absolute Gasteiger partial charge is 0.269 e. The fourth-order valence-corrected chi connectivity index (χ4v) is 2.70. The summed E-state index contributed by atoms with van der Waals surface area (Å²) >= 11 is 0. The van der Waals surface area contributed by atoms with Gasteiger partial charge in [0.25, 0.3) is 5.69 Å². The minimum absolute atomic E-state index is 0.0234. The zero-order chi connectivity index (χ0) is 17.1. The third-order valence-corrected chi connectivity index (χ3v) is 4.07. The lowest BCUT2D eigenvalue weighted by Gasteiger charge is -2.40. The summed E-state index contributed by atoms with van der Waals surface area (Å²) in [7, 11) is 0. The van der Waals surface area contributed by atoms with E-state index in [9.17, 15) is 14.9 Å². The summed E-state index contributed by atoms with van der Waals surface area (Å²) < 4.78 is 1.54. The van der Waals surface area contributed by atoms with Gasteiger partial charge in [-0.1, -0.05) is 11.3 Å². The van der Waals surface area contributed by atoms with E-state index in [0.717, 1.165) is 12.8 Å². The molecule has 0 aliphatic carbocycles. The SMILES string of the molecule is C=CCCC1CC(=O)N1Cc1cn(-c2ccc([N+](=O)[O-])cc2)nn1. The molecule has 1 aromatic heterocycles. The van der Waals surface area contributed by atoms with Crippen LogP contribution in [0.25, 0.3) is 5.69 Å². The molecular weight excluding hydrogens is 310 g/mol. The van der Waals surface area contributed by atoms with Crippen molar-refractivity contribution in [1.82, 2.24) is 19.9 Å². The predicted octanol–water partition coefficient (Wildman–Crippen LogP) is 2.24. The highest BCUT2D eigenvalue weighted by molar-refractivity contribution is 5.83. The monoisotopic (exact) mass is 327 g/mol. The molecule has 8 nitrogen and oxygen atoms in total. The summed E-state index contributed by atoms with van der Waals surface area (Å²) in [4.78, 5) is 23.8. The van der Waals surface area contributed by atoms with E-state index in [1.54, 1.807) is 27.9 Å². The van der Waals surface area contributed by atoms with Gasteiger partial charge in [-0.15, -0.1) is 11.7 Å². The van der Waals surface area contributed by atoms with Crippen LogP contribution in [0.5, 0.6) is 0 Å². The van der Waals surface area contributed by atoms with Gasteiger partial charge in [-0.2, -0.15) is 0 Å². The summed E-state index contributed by atoms with van der Waals surface area (Å²) in [5.74, 6) is 0.119. The number of carbonyl (C=O) groups is 1. The first-order chi connectivity index (χ1) is 11.6. The van der Waals surface area contributed by atoms with Gasteiger partial charge in [-0.25, -0.2) is 4.68 Å². The predicted molar refractivity (Wildman–Crippen MR) is 86.4 cm³/mol. The molecular formula is C16H17N5O3. The maximum absolute atomic E-state index is 11.8. The fraction of sp³-hybridized carbons (Fsp3) is 0.312. The third-order valence-electron chi connectivity index (χ3n) is 4.07. The summed E-state index contributed by atoms with van der Waals surface area (Å²) in [5.41, 5.74) is 1.39. The van der Waals surface area contributed by atoms with Crippen molar-refractivity contribution in [1.29, 1.82) is 0 Å². The lowest BCUT2D eigenvalue weighted by molar-refractivity contribution is -0.384. The highest BCUT2D eigenvalue weighted by Gasteiger charge is 2.35. The largest absolute Gasteiger partial charge is 0.333 e. The van der Waals surface area contributed by atoms with Gasteiger partial charge in [-0.05, 0) is 25.0 Å². The number of nitrogens with zero attached hydrogens (tertiary/aromatic N) is 5. The summed E-state index contributed by atoms with van der Waals surface area (Å²) in [5, 5.41) is 18.8. The number of likely N-dealkylation sites (tertiary alicyclic amines) is 1. The molecule has 0 bridgehead atoms. The van der Waals surface area contributed by atoms with Gasteiger partial charge in [0, 0.05) is 24.6 Å². The number of carbonyl (C=O) groups excluding carboxylic acids is 1. The molecule has 1 fully saturated rings. The number of aromatic nitrogens is 3.